The lowest BCUT2D eigenvalue weighted by atomic mass is 9.87. The lowest BCUT2D eigenvalue weighted by Crippen LogP contribution is -2.47. The highest BCUT2D eigenvalue weighted by molar-refractivity contribution is 7.52. The summed E-state index contributed by atoms with van der Waals surface area (Å²) in [6, 6.07) is 9.22. The van der Waals surface area contributed by atoms with Crippen molar-refractivity contribution in [3.63, 3.8) is 0 Å². The van der Waals surface area contributed by atoms with Crippen LogP contribution in [-0.2, 0) is 53.4 Å². The fourth-order valence-corrected chi connectivity index (χ4v) is 7.48. The molecule has 1 saturated carbocycles. The highest BCUT2D eigenvalue weighted by Gasteiger charge is 2.61. The first-order valence-corrected chi connectivity index (χ1v) is 19.3. The summed E-state index contributed by atoms with van der Waals surface area (Å²) in [5, 5.41) is 7.07. The molecule has 1 aliphatic carbocycles. The topological polar surface area (TPSA) is 204 Å². The first-order valence-electron chi connectivity index (χ1n) is 17.7. The van der Waals surface area contributed by atoms with Crippen LogP contribution in [0.25, 0.3) is 5.52 Å². The lowest BCUT2D eigenvalue weighted by molar-refractivity contribution is -0.168. The van der Waals surface area contributed by atoms with E-state index < -0.39 is 62.2 Å². The first kappa shape index (κ1) is 39.8. The van der Waals surface area contributed by atoms with Gasteiger partial charge >= 0.3 is 25.7 Å². The van der Waals surface area contributed by atoms with Gasteiger partial charge in [-0.05, 0) is 61.4 Å². The highest BCUT2D eigenvalue weighted by Crippen LogP contribution is 2.48. The van der Waals surface area contributed by atoms with Crippen molar-refractivity contribution in [3.05, 3.63) is 54.0 Å². The smallest absolute Gasteiger partial charge is 0.459 e. The van der Waals surface area contributed by atoms with Crippen molar-refractivity contribution in [2.75, 3.05) is 19.4 Å². The summed E-state index contributed by atoms with van der Waals surface area (Å²) >= 11 is 0. The molecule has 3 heterocycles. The number of benzene rings is 1. The van der Waals surface area contributed by atoms with Crippen LogP contribution in [0.3, 0.4) is 0 Å². The van der Waals surface area contributed by atoms with Crippen LogP contribution in [0.15, 0.2) is 47.7 Å². The molecule has 288 valence electrons. The standard InChI is InChI=1S/C36H49N6O10P/c1-8-29(43)49-31-27(51-36(20-38-7,32(31)50-30(44)9-2)28-18-17-26-33(37)39-21-40-42(26)28)19-47-53(46,41-22(3)34(45)48-24-11-10-12-24)52-25-15-13-23(14-16-25)35(4,5)6/h13-18,20-22,24,27,31-32H,8-12,19H2,1-7H3,(H,41,46)(H2,37,39,40)/b38-20-/t22-,27+,31+,32+,36-,53?/m0/s1. The Balaban J connectivity index is 1.53. The number of nitrogen functional groups attached to an aromatic ring is 1. The van der Waals surface area contributed by atoms with E-state index in [1.807, 2.05) is 12.1 Å². The molecule has 1 aromatic carbocycles. The van der Waals surface area contributed by atoms with Gasteiger partial charge in [-0.1, -0.05) is 46.8 Å². The largest absolute Gasteiger partial charge is 0.461 e. The first-order chi connectivity index (χ1) is 25.1. The maximum atomic E-state index is 14.7. The third-order valence-electron chi connectivity index (χ3n) is 9.14. The number of fused-ring (bicyclic) bond motifs is 1. The number of anilines is 1. The van der Waals surface area contributed by atoms with Crippen LogP contribution in [0.4, 0.5) is 5.82 Å². The van der Waals surface area contributed by atoms with E-state index in [9.17, 15) is 18.9 Å². The molecule has 1 aliphatic heterocycles. The molecule has 53 heavy (non-hydrogen) atoms. The molecule has 2 aromatic heterocycles. The number of aromatic nitrogens is 3. The van der Waals surface area contributed by atoms with Gasteiger partial charge in [-0.2, -0.15) is 10.2 Å². The Kier molecular flexibility index (Phi) is 12.3. The summed E-state index contributed by atoms with van der Waals surface area (Å²) in [6.45, 7) is 10.4. The third-order valence-corrected chi connectivity index (χ3v) is 10.8. The minimum absolute atomic E-state index is 0.00864. The quantitative estimate of drug-likeness (QED) is 0.0924. The number of hydrogen-bond donors (Lipinski definition) is 2. The number of aliphatic imine (C=N–C) groups is 1. The monoisotopic (exact) mass is 756 g/mol. The van der Waals surface area contributed by atoms with Crippen LogP contribution in [0, 0.1) is 0 Å². The van der Waals surface area contributed by atoms with Crippen molar-refractivity contribution in [2.24, 2.45) is 4.99 Å². The van der Waals surface area contributed by atoms with Crippen LogP contribution < -0.4 is 15.3 Å². The van der Waals surface area contributed by atoms with Gasteiger partial charge in [-0.25, -0.2) is 14.1 Å². The van der Waals surface area contributed by atoms with E-state index in [-0.39, 0.29) is 35.9 Å². The molecule has 3 N–H and O–H groups in total. The molecule has 6 atom stereocenters. The molecule has 0 spiro atoms. The number of carbonyl (C=O) groups excluding carboxylic acids is 3. The predicted molar refractivity (Wildman–Crippen MR) is 194 cm³/mol. The van der Waals surface area contributed by atoms with Crippen LogP contribution in [0.2, 0.25) is 0 Å². The average molecular weight is 757 g/mol. The summed E-state index contributed by atoms with van der Waals surface area (Å²) in [6.07, 6.45) is 1.03. The molecule has 16 nitrogen and oxygen atoms in total. The number of rotatable bonds is 15. The van der Waals surface area contributed by atoms with Crippen molar-refractivity contribution in [3.8, 4) is 5.75 Å². The molecule has 0 radical (unpaired) electrons. The molecule has 5 rings (SSSR count). The highest BCUT2D eigenvalue weighted by atomic mass is 31.2. The molecule has 0 bridgehead atoms. The van der Waals surface area contributed by atoms with E-state index in [4.69, 9.17) is 33.7 Å². The van der Waals surface area contributed by atoms with Crippen molar-refractivity contribution in [1.82, 2.24) is 19.7 Å². The van der Waals surface area contributed by atoms with Crippen molar-refractivity contribution in [1.29, 1.82) is 0 Å². The van der Waals surface area contributed by atoms with Crippen LogP contribution in [0.5, 0.6) is 5.75 Å². The average Bonchev–Trinajstić information content (AvgIpc) is 3.66. The molecular formula is C36H49N6O10P. The summed E-state index contributed by atoms with van der Waals surface area (Å²) in [5.41, 5.74) is 6.03. The van der Waals surface area contributed by atoms with E-state index in [0.717, 1.165) is 24.8 Å². The van der Waals surface area contributed by atoms with Gasteiger partial charge in [-0.15, -0.1) is 0 Å². The summed E-state index contributed by atoms with van der Waals surface area (Å²) in [7, 11) is -2.93. The fourth-order valence-electron chi connectivity index (χ4n) is 5.98. The zero-order valence-corrected chi connectivity index (χ0v) is 32.0. The second-order valence-corrected chi connectivity index (χ2v) is 15.8. The van der Waals surface area contributed by atoms with E-state index in [0.29, 0.717) is 11.2 Å². The molecule has 2 fully saturated rings. The number of nitrogens with one attached hydrogen (secondary N) is 1. The number of nitrogens with zero attached hydrogens (tertiary/aromatic N) is 4. The van der Waals surface area contributed by atoms with Gasteiger partial charge in [0.1, 0.15) is 35.8 Å². The SMILES string of the molecule is CCC(=O)O[C@H]1[C@@H](OC(=O)CC)[C@](/C=N\C)(c2ccc3c(N)ncnn23)O[C@@H]1COP(=O)(N[C@@H](C)C(=O)OC1CCC1)Oc1ccc(C(C)(C)C)cc1. The number of ether oxygens (including phenoxy) is 4. The Bertz CT molecular complexity index is 1860. The number of carbonyl (C=O) groups is 3. The Hall–Kier alpha value is -4.37. The van der Waals surface area contributed by atoms with E-state index in [1.54, 1.807) is 38.1 Å². The minimum atomic E-state index is -4.43. The van der Waals surface area contributed by atoms with Gasteiger partial charge in [0.2, 0.25) is 0 Å². The van der Waals surface area contributed by atoms with E-state index in [1.165, 1.54) is 31.0 Å². The molecule has 0 amide bonds. The number of hydrogen-bond acceptors (Lipinski definition) is 14. The van der Waals surface area contributed by atoms with Crippen LogP contribution >= 0.6 is 7.75 Å². The zero-order valence-electron chi connectivity index (χ0n) is 31.1. The fraction of sp³-hybridized carbons (Fsp3) is 0.556. The molecule has 1 saturated heterocycles. The summed E-state index contributed by atoms with van der Waals surface area (Å²) in [4.78, 5) is 47.2. The maximum absolute atomic E-state index is 14.7. The normalized spacial score (nSPS) is 23.6. The van der Waals surface area contributed by atoms with Crippen LogP contribution in [0.1, 0.15) is 84.9 Å². The van der Waals surface area contributed by atoms with Gasteiger partial charge in [0.15, 0.2) is 23.6 Å². The summed E-state index contributed by atoms with van der Waals surface area (Å²) in [5.74, 6) is -1.49. The number of nitrogens with two attached hydrogens (primary N) is 1. The van der Waals surface area contributed by atoms with E-state index >= 15 is 0 Å². The van der Waals surface area contributed by atoms with Gasteiger partial charge < -0.3 is 29.2 Å². The van der Waals surface area contributed by atoms with Gasteiger partial charge in [0.05, 0.1) is 12.3 Å². The third kappa shape index (κ3) is 8.89. The number of esters is 3. The van der Waals surface area contributed by atoms with Crippen molar-refractivity contribution < 1.29 is 46.9 Å². The Labute approximate surface area is 308 Å². The minimum Gasteiger partial charge on any atom is -0.461 e. The van der Waals surface area contributed by atoms with Crippen molar-refractivity contribution >= 4 is 43.2 Å². The molecule has 17 heteroatoms. The zero-order chi connectivity index (χ0) is 38.6. The second-order valence-electron chi connectivity index (χ2n) is 14.1. The summed E-state index contributed by atoms with van der Waals surface area (Å²) < 4.78 is 52.3. The van der Waals surface area contributed by atoms with Crippen molar-refractivity contribution in [2.45, 2.75) is 115 Å². The molecule has 1 unspecified atom stereocenters. The second kappa shape index (κ2) is 16.3. The Morgan fingerprint density at radius 2 is 1.77 bits per heavy atom. The Morgan fingerprint density at radius 1 is 1.09 bits per heavy atom. The Morgan fingerprint density at radius 3 is 2.38 bits per heavy atom. The van der Waals surface area contributed by atoms with E-state index in [2.05, 4.69) is 40.9 Å². The molecular weight excluding hydrogens is 707 g/mol. The predicted octanol–water partition coefficient (Wildman–Crippen LogP) is 4.82. The molecule has 3 aromatic rings. The maximum Gasteiger partial charge on any atom is 0.459 e. The van der Waals surface area contributed by atoms with Gasteiger partial charge in [0, 0.05) is 26.1 Å². The molecule has 2 aliphatic rings. The lowest BCUT2D eigenvalue weighted by Gasteiger charge is -2.31. The van der Waals surface area contributed by atoms with Gasteiger partial charge in [0.25, 0.3) is 0 Å². The van der Waals surface area contributed by atoms with Gasteiger partial charge in [-0.3, -0.25) is 23.9 Å². The van der Waals surface area contributed by atoms with Crippen LogP contribution in [-0.4, -0.2) is 82.8 Å².